The minimum absolute atomic E-state index is 0.100. The fourth-order valence-corrected chi connectivity index (χ4v) is 3.49. The molecule has 1 saturated heterocycles. The molecule has 5 nitrogen and oxygen atoms in total. The molecule has 0 aromatic rings. The molecule has 1 fully saturated rings. The van der Waals surface area contributed by atoms with Crippen molar-refractivity contribution in [2.45, 2.75) is 18.6 Å². The van der Waals surface area contributed by atoms with E-state index in [9.17, 15) is 10.2 Å². The summed E-state index contributed by atoms with van der Waals surface area (Å²) in [5.41, 5.74) is 8.06. The fourth-order valence-electron chi connectivity index (χ4n) is 1.02. The molecule has 0 aromatic carbocycles. The Bertz CT molecular complexity index is 271. The first-order valence-electron chi connectivity index (χ1n) is 4.58. The normalized spacial score (nSPS) is 20.3. The molecule has 0 bridgehead atoms. The Morgan fingerprint density at radius 2 is 2.13 bits per heavy atom. The Morgan fingerprint density at radius 3 is 2.73 bits per heavy atom. The molecule has 7 heteroatoms. The van der Waals surface area contributed by atoms with Gasteiger partial charge < -0.3 is 10.2 Å². The molecule has 1 aliphatic rings. The number of azide groups is 1. The van der Waals surface area contributed by atoms with E-state index in [-0.39, 0.29) is 6.54 Å². The Kier molecular flexibility index (Phi) is 5.97. The fraction of sp³-hybridized carbons (Fsp3) is 0.750. The average molecular weight is 247 g/mol. The van der Waals surface area contributed by atoms with Gasteiger partial charge in [0, 0.05) is 9.15 Å². The number of nitrogens with zero attached hydrogens (tertiary/aromatic N) is 3. The van der Waals surface area contributed by atoms with Crippen LogP contribution in [0.1, 0.15) is 6.42 Å². The summed E-state index contributed by atoms with van der Waals surface area (Å²) in [5.74, 6) is 2.11. The molecule has 15 heavy (non-hydrogen) atoms. The third-order valence-corrected chi connectivity index (χ3v) is 4.34. The largest absolute Gasteiger partial charge is 0.390 e. The molecule has 1 rings (SSSR count). The number of aliphatic hydroxyl groups excluding tert-OH is 2. The van der Waals surface area contributed by atoms with Crippen molar-refractivity contribution in [3.63, 3.8) is 0 Å². The standard InChI is InChI=1S/C8H13N3O2S2/c9-11-10-5-7(13)6(12)4-8-14-2-1-3-15-8/h4,6-7,12-13H,1-3,5H2/t6-,7+/m0/s1. The predicted octanol–water partition coefficient (Wildman–Crippen LogP) is 1.73. The molecule has 1 heterocycles. The van der Waals surface area contributed by atoms with Crippen molar-refractivity contribution in [3.05, 3.63) is 20.8 Å². The summed E-state index contributed by atoms with van der Waals surface area (Å²) < 4.78 is 1.04. The highest BCUT2D eigenvalue weighted by atomic mass is 32.2. The van der Waals surface area contributed by atoms with Crippen LogP contribution in [0, 0.1) is 0 Å². The van der Waals surface area contributed by atoms with Gasteiger partial charge in [-0.1, -0.05) is 5.11 Å². The van der Waals surface area contributed by atoms with Gasteiger partial charge in [-0.05, 0) is 29.5 Å². The molecule has 0 radical (unpaired) electrons. The van der Waals surface area contributed by atoms with E-state index in [2.05, 4.69) is 10.0 Å². The van der Waals surface area contributed by atoms with E-state index in [1.54, 1.807) is 29.6 Å². The highest BCUT2D eigenvalue weighted by Gasteiger charge is 2.15. The van der Waals surface area contributed by atoms with Crippen molar-refractivity contribution in [1.29, 1.82) is 0 Å². The number of aliphatic hydroxyl groups is 2. The second kappa shape index (κ2) is 7.03. The molecule has 2 atom stereocenters. The second-order valence-electron chi connectivity index (χ2n) is 3.01. The van der Waals surface area contributed by atoms with Gasteiger partial charge in [0.15, 0.2) is 0 Å². The SMILES string of the molecule is [N-]=[N+]=NC[C@@H](O)[C@@H](O)C=C1SCCCS1. The molecule has 0 unspecified atom stereocenters. The number of hydrogen-bond acceptors (Lipinski definition) is 5. The molecule has 84 valence electrons. The second-order valence-corrected chi connectivity index (χ2v) is 5.54. The zero-order valence-electron chi connectivity index (χ0n) is 8.11. The van der Waals surface area contributed by atoms with E-state index in [0.29, 0.717) is 0 Å². The zero-order chi connectivity index (χ0) is 11.1. The van der Waals surface area contributed by atoms with Gasteiger partial charge in [0.2, 0.25) is 0 Å². The lowest BCUT2D eigenvalue weighted by atomic mass is 10.2. The highest BCUT2D eigenvalue weighted by molar-refractivity contribution is 8.22. The van der Waals surface area contributed by atoms with Crippen LogP contribution in [-0.4, -0.2) is 40.5 Å². The maximum Gasteiger partial charge on any atom is 0.1000 e. The highest BCUT2D eigenvalue weighted by Crippen LogP contribution is 2.34. The van der Waals surface area contributed by atoms with Gasteiger partial charge in [0.05, 0.1) is 18.8 Å². The van der Waals surface area contributed by atoms with Crippen LogP contribution in [0.3, 0.4) is 0 Å². The van der Waals surface area contributed by atoms with Crippen LogP contribution in [0.5, 0.6) is 0 Å². The molecule has 1 aliphatic heterocycles. The van der Waals surface area contributed by atoms with E-state index in [1.165, 1.54) is 6.42 Å². The predicted molar refractivity (Wildman–Crippen MR) is 63.6 cm³/mol. The van der Waals surface area contributed by atoms with Crippen LogP contribution in [0.2, 0.25) is 0 Å². The van der Waals surface area contributed by atoms with Gasteiger partial charge in [-0.2, -0.15) is 0 Å². The van der Waals surface area contributed by atoms with Gasteiger partial charge in [0.1, 0.15) is 0 Å². The zero-order valence-corrected chi connectivity index (χ0v) is 9.75. The molecule has 0 amide bonds. The summed E-state index contributed by atoms with van der Waals surface area (Å²) in [6.45, 7) is -0.100. The van der Waals surface area contributed by atoms with Gasteiger partial charge >= 0.3 is 0 Å². The summed E-state index contributed by atoms with van der Waals surface area (Å²) in [4.78, 5) is 2.53. The van der Waals surface area contributed by atoms with E-state index in [4.69, 9.17) is 5.53 Å². The first-order chi connectivity index (χ1) is 7.24. The molecular formula is C8H13N3O2S2. The lowest BCUT2D eigenvalue weighted by molar-refractivity contribution is 0.0551. The minimum atomic E-state index is -1.02. The summed E-state index contributed by atoms with van der Waals surface area (Å²) >= 11 is 3.36. The van der Waals surface area contributed by atoms with E-state index in [1.807, 2.05) is 0 Å². The topological polar surface area (TPSA) is 89.2 Å². The van der Waals surface area contributed by atoms with Crippen molar-refractivity contribution in [1.82, 2.24) is 0 Å². The first kappa shape index (κ1) is 12.7. The monoisotopic (exact) mass is 247 g/mol. The van der Waals surface area contributed by atoms with Gasteiger partial charge in [-0.3, -0.25) is 0 Å². The number of thioether (sulfide) groups is 2. The summed E-state index contributed by atoms with van der Waals surface area (Å²) in [6, 6.07) is 0. The Hall–Kier alpha value is -0.330. The molecule has 0 aromatic heterocycles. The third-order valence-electron chi connectivity index (χ3n) is 1.81. The van der Waals surface area contributed by atoms with Gasteiger partial charge in [-0.25, -0.2) is 0 Å². The quantitative estimate of drug-likeness (QED) is 0.450. The minimum Gasteiger partial charge on any atom is -0.390 e. The van der Waals surface area contributed by atoms with Crippen molar-refractivity contribution in [2.24, 2.45) is 5.11 Å². The third kappa shape index (κ3) is 4.81. The van der Waals surface area contributed by atoms with Gasteiger partial charge in [0.25, 0.3) is 0 Å². The summed E-state index contributed by atoms with van der Waals surface area (Å²) in [5, 5.41) is 22.2. The molecule has 0 saturated carbocycles. The Balaban J connectivity index is 2.44. The maximum atomic E-state index is 9.56. The molecular weight excluding hydrogens is 234 g/mol. The van der Waals surface area contributed by atoms with Crippen LogP contribution in [0.25, 0.3) is 10.4 Å². The Morgan fingerprint density at radius 1 is 1.47 bits per heavy atom. The van der Waals surface area contributed by atoms with Crippen molar-refractivity contribution < 1.29 is 10.2 Å². The van der Waals surface area contributed by atoms with Gasteiger partial charge in [-0.15, -0.1) is 23.5 Å². The average Bonchev–Trinajstić information content (AvgIpc) is 2.27. The lowest BCUT2D eigenvalue weighted by Gasteiger charge is -2.16. The van der Waals surface area contributed by atoms with Crippen LogP contribution in [-0.2, 0) is 0 Å². The maximum absolute atomic E-state index is 9.56. The molecule has 2 N–H and O–H groups in total. The van der Waals surface area contributed by atoms with E-state index < -0.39 is 12.2 Å². The van der Waals surface area contributed by atoms with Crippen molar-refractivity contribution in [3.8, 4) is 0 Å². The van der Waals surface area contributed by atoms with E-state index >= 15 is 0 Å². The van der Waals surface area contributed by atoms with Crippen LogP contribution in [0.4, 0.5) is 0 Å². The Labute approximate surface area is 96.6 Å². The van der Waals surface area contributed by atoms with Crippen LogP contribution < -0.4 is 0 Å². The van der Waals surface area contributed by atoms with Crippen LogP contribution >= 0.6 is 23.5 Å². The first-order valence-corrected chi connectivity index (χ1v) is 6.55. The lowest BCUT2D eigenvalue weighted by Crippen LogP contribution is -2.26. The summed E-state index contributed by atoms with van der Waals surface area (Å²) in [7, 11) is 0. The van der Waals surface area contributed by atoms with Crippen molar-refractivity contribution in [2.75, 3.05) is 18.1 Å². The van der Waals surface area contributed by atoms with Crippen molar-refractivity contribution >= 4 is 23.5 Å². The molecule has 0 spiro atoms. The molecule has 0 aliphatic carbocycles. The van der Waals surface area contributed by atoms with E-state index in [0.717, 1.165) is 15.7 Å². The summed E-state index contributed by atoms with van der Waals surface area (Å²) in [6.07, 6.45) is 0.830. The van der Waals surface area contributed by atoms with Crippen LogP contribution in [0.15, 0.2) is 15.4 Å². The number of rotatable bonds is 4. The smallest absolute Gasteiger partial charge is 0.1000 e. The number of hydrogen-bond donors (Lipinski definition) is 2.